The predicted octanol–water partition coefficient (Wildman–Crippen LogP) is 2.56. The highest BCUT2D eigenvalue weighted by molar-refractivity contribution is 5.74. The maximum atomic E-state index is 13.4. The van der Waals surface area contributed by atoms with Crippen molar-refractivity contribution in [2.24, 2.45) is 0 Å². The lowest BCUT2D eigenvalue weighted by Crippen LogP contribution is -2.45. The van der Waals surface area contributed by atoms with Crippen LogP contribution in [0.15, 0.2) is 33.5 Å². The molecule has 0 bridgehead atoms. The van der Waals surface area contributed by atoms with Gasteiger partial charge in [-0.2, -0.15) is 10.1 Å². The topological polar surface area (TPSA) is 85.4 Å². The number of piperidine rings is 1. The van der Waals surface area contributed by atoms with E-state index in [4.69, 9.17) is 9.15 Å². The summed E-state index contributed by atoms with van der Waals surface area (Å²) in [7, 11) is 0. The van der Waals surface area contributed by atoms with Gasteiger partial charge in [0, 0.05) is 43.2 Å². The molecule has 0 amide bonds. The Morgan fingerprint density at radius 2 is 2.16 bits per heavy atom. The van der Waals surface area contributed by atoms with E-state index in [0.29, 0.717) is 49.5 Å². The van der Waals surface area contributed by atoms with Gasteiger partial charge in [0.1, 0.15) is 11.3 Å². The largest absolute Gasteiger partial charge is 0.423 e. The fourth-order valence-corrected chi connectivity index (χ4v) is 4.40. The molecule has 1 atom stereocenters. The molecular weight excluding hydrogens is 401 g/mol. The summed E-state index contributed by atoms with van der Waals surface area (Å²) in [5.41, 5.74) is 2.87. The third kappa shape index (κ3) is 4.47. The van der Waals surface area contributed by atoms with Crippen molar-refractivity contribution >= 4 is 17.1 Å². The second-order valence-corrected chi connectivity index (χ2v) is 8.18. The third-order valence-corrected chi connectivity index (χ3v) is 6.09. The number of halogens is 1. The number of anilines is 1. The van der Waals surface area contributed by atoms with Crippen LogP contribution in [0.1, 0.15) is 30.5 Å². The van der Waals surface area contributed by atoms with E-state index in [1.165, 1.54) is 18.6 Å². The minimum atomic E-state index is -0.341. The van der Waals surface area contributed by atoms with Gasteiger partial charge in [-0.15, -0.1) is 0 Å². The van der Waals surface area contributed by atoms with Crippen molar-refractivity contribution in [3.05, 3.63) is 51.7 Å². The first-order chi connectivity index (χ1) is 15.2. The van der Waals surface area contributed by atoms with Crippen LogP contribution in [0.4, 0.5) is 10.4 Å². The van der Waals surface area contributed by atoms with Crippen LogP contribution >= 0.6 is 0 Å². The van der Waals surface area contributed by atoms with Gasteiger partial charge >= 0.3 is 0 Å². The Morgan fingerprint density at radius 1 is 1.23 bits per heavy atom. The van der Waals surface area contributed by atoms with Gasteiger partial charge in [0.05, 0.1) is 25.5 Å². The molecule has 2 aromatic heterocycles. The molecule has 1 aromatic carbocycles. The van der Waals surface area contributed by atoms with Crippen LogP contribution in [0.25, 0.3) is 11.1 Å². The summed E-state index contributed by atoms with van der Waals surface area (Å²) in [5, 5.41) is 7.84. The zero-order chi connectivity index (χ0) is 21.2. The van der Waals surface area contributed by atoms with Gasteiger partial charge in [-0.3, -0.25) is 9.69 Å². The molecule has 5 rings (SSSR count). The van der Waals surface area contributed by atoms with Crippen LogP contribution < -0.4 is 10.9 Å². The molecule has 0 radical (unpaired) electrons. The molecule has 3 aromatic rings. The maximum absolute atomic E-state index is 13.4. The van der Waals surface area contributed by atoms with E-state index in [0.717, 1.165) is 43.6 Å². The highest BCUT2D eigenvalue weighted by Crippen LogP contribution is 2.22. The first kappa shape index (κ1) is 20.1. The Bertz CT molecular complexity index is 1130. The number of fused-ring (bicyclic) bond motifs is 2. The lowest BCUT2D eigenvalue weighted by Gasteiger charge is -2.35. The highest BCUT2D eigenvalue weighted by atomic mass is 19.1. The third-order valence-electron chi connectivity index (χ3n) is 6.09. The van der Waals surface area contributed by atoms with E-state index in [9.17, 15) is 9.18 Å². The number of oxazole rings is 1. The molecule has 0 aliphatic carbocycles. The minimum absolute atomic E-state index is 0.0744. The van der Waals surface area contributed by atoms with Crippen LogP contribution in [0.3, 0.4) is 0 Å². The van der Waals surface area contributed by atoms with Crippen molar-refractivity contribution < 1.29 is 13.5 Å². The van der Waals surface area contributed by atoms with E-state index in [-0.39, 0.29) is 11.4 Å². The molecule has 1 unspecified atom stereocenters. The summed E-state index contributed by atoms with van der Waals surface area (Å²) >= 11 is 0. The molecule has 2 aliphatic rings. The molecule has 1 saturated heterocycles. The number of nitrogens with zero attached hydrogens (tertiary/aromatic N) is 4. The summed E-state index contributed by atoms with van der Waals surface area (Å²) in [6.07, 6.45) is 4.12. The summed E-state index contributed by atoms with van der Waals surface area (Å²) in [6, 6.07) is 6.70. The van der Waals surface area contributed by atoms with Crippen molar-refractivity contribution in [1.29, 1.82) is 0 Å². The molecule has 1 N–H and O–H groups in total. The number of ether oxygens (including phenoxy) is 1. The van der Waals surface area contributed by atoms with Gasteiger partial charge in [0.15, 0.2) is 5.58 Å². The van der Waals surface area contributed by atoms with Crippen molar-refractivity contribution in [2.75, 3.05) is 31.6 Å². The Balaban J connectivity index is 1.23. The van der Waals surface area contributed by atoms with Gasteiger partial charge in [0.2, 0.25) is 0 Å². The zero-order valence-corrected chi connectivity index (χ0v) is 17.3. The van der Waals surface area contributed by atoms with Crippen molar-refractivity contribution in [2.45, 2.75) is 44.9 Å². The van der Waals surface area contributed by atoms with Gasteiger partial charge in [-0.05, 0) is 31.5 Å². The minimum Gasteiger partial charge on any atom is -0.423 e. The van der Waals surface area contributed by atoms with E-state index in [1.807, 2.05) is 0 Å². The fourth-order valence-electron chi connectivity index (χ4n) is 4.40. The SMILES string of the molecule is O=c1cc2c(nn1CCN1CCCCC1CNc1nc3ccc(F)cc3o1)CCOC2. The fraction of sp³-hybridized carbons (Fsp3) is 0.500. The Morgan fingerprint density at radius 3 is 3.10 bits per heavy atom. The van der Waals surface area contributed by atoms with Crippen LogP contribution in [0, 0.1) is 5.82 Å². The molecule has 8 nitrogen and oxygen atoms in total. The average Bonchev–Trinajstić information content (AvgIpc) is 3.18. The van der Waals surface area contributed by atoms with Gasteiger partial charge in [-0.25, -0.2) is 9.07 Å². The maximum Gasteiger partial charge on any atom is 0.295 e. The Kier molecular flexibility index (Phi) is 5.69. The van der Waals surface area contributed by atoms with Crippen molar-refractivity contribution in [1.82, 2.24) is 19.7 Å². The van der Waals surface area contributed by atoms with Crippen LogP contribution in [-0.4, -0.2) is 51.9 Å². The van der Waals surface area contributed by atoms with Gasteiger partial charge in [0.25, 0.3) is 11.6 Å². The Hall–Kier alpha value is -2.78. The highest BCUT2D eigenvalue weighted by Gasteiger charge is 2.23. The molecule has 0 saturated carbocycles. The Labute approximate surface area is 179 Å². The first-order valence-electron chi connectivity index (χ1n) is 10.9. The molecule has 31 heavy (non-hydrogen) atoms. The second-order valence-electron chi connectivity index (χ2n) is 8.18. The zero-order valence-electron chi connectivity index (χ0n) is 17.3. The number of likely N-dealkylation sites (tertiary alicyclic amines) is 1. The van der Waals surface area contributed by atoms with E-state index in [2.05, 4.69) is 20.3 Å². The quantitative estimate of drug-likeness (QED) is 0.647. The molecule has 164 valence electrons. The lowest BCUT2D eigenvalue weighted by molar-refractivity contribution is 0.107. The van der Waals surface area contributed by atoms with Gasteiger partial charge in [-0.1, -0.05) is 6.42 Å². The predicted molar refractivity (Wildman–Crippen MR) is 114 cm³/mol. The van der Waals surface area contributed by atoms with E-state index < -0.39 is 0 Å². The molecule has 0 spiro atoms. The molecule has 9 heteroatoms. The van der Waals surface area contributed by atoms with Gasteiger partial charge < -0.3 is 14.5 Å². The summed E-state index contributed by atoms with van der Waals surface area (Å²) < 4.78 is 26.0. The normalized spacial score (nSPS) is 19.5. The molecule has 2 aliphatic heterocycles. The molecule has 1 fully saturated rings. The van der Waals surface area contributed by atoms with Crippen LogP contribution in [-0.2, 0) is 24.3 Å². The number of nitrogens with one attached hydrogen (secondary N) is 1. The summed E-state index contributed by atoms with van der Waals surface area (Å²) in [6.45, 7) is 4.11. The number of benzene rings is 1. The number of hydrogen-bond donors (Lipinski definition) is 1. The smallest absolute Gasteiger partial charge is 0.295 e. The number of aromatic nitrogens is 3. The van der Waals surface area contributed by atoms with Crippen LogP contribution in [0.5, 0.6) is 0 Å². The standard InChI is InChI=1S/C22H26FN5O3/c23-16-4-5-19-20(12-16)31-22(25-19)24-13-17-3-1-2-7-27(17)8-9-28-21(29)11-15-14-30-10-6-18(15)26-28/h4-5,11-12,17H,1-3,6-10,13-14H2,(H,24,25). The van der Waals surface area contributed by atoms with E-state index >= 15 is 0 Å². The molecule has 4 heterocycles. The van der Waals surface area contributed by atoms with E-state index in [1.54, 1.807) is 16.8 Å². The first-order valence-corrected chi connectivity index (χ1v) is 10.9. The summed E-state index contributed by atoms with van der Waals surface area (Å²) in [5.74, 6) is -0.341. The average molecular weight is 427 g/mol. The lowest BCUT2D eigenvalue weighted by atomic mass is 10.0. The second kappa shape index (κ2) is 8.76. The van der Waals surface area contributed by atoms with Crippen molar-refractivity contribution in [3.8, 4) is 0 Å². The summed E-state index contributed by atoms with van der Waals surface area (Å²) in [4.78, 5) is 19.2. The van der Waals surface area contributed by atoms with Crippen molar-refractivity contribution in [3.63, 3.8) is 0 Å². The number of rotatable bonds is 6. The van der Waals surface area contributed by atoms with Crippen LogP contribution in [0.2, 0.25) is 0 Å². The number of hydrogen-bond acceptors (Lipinski definition) is 7. The monoisotopic (exact) mass is 427 g/mol. The molecular formula is C22H26FN5O3.